The first-order valence-electron chi connectivity index (χ1n) is 12.2. The van der Waals surface area contributed by atoms with Gasteiger partial charge in [-0.1, -0.05) is 93.1 Å². The number of phenols is 2. The molecule has 0 amide bonds. The van der Waals surface area contributed by atoms with Gasteiger partial charge < -0.3 is 10.2 Å². The van der Waals surface area contributed by atoms with Crippen molar-refractivity contribution in [1.29, 1.82) is 0 Å². The maximum atomic E-state index is 11.7. The topological polar surface area (TPSA) is 40.5 Å². The van der Waals surface area contributed by atoms with Gasteiger partial charge in [-0.3, -0.25) is 0 Å². The van der Waals surface area contributed by atoms with E-state index in [1.807, 2.05) is 24.3 Å². The molecule has 0 fully saturated rings. The highest BCUT2D eigenvalue weighted by Crippen LogP contribution is 2.43. The molecular weight excluding hydrogens is 428 g/mol. The number of benzene rings is 5. The van der Waals surface area contributed by atoms with E-state index in [-0.39, 0.29) is 11.2 Å². The van der Waals surface area contributed by atoms with Gasteiger partial charge in [0.15, 0.2) is 0 Å². The van der Waals surface area contributed by atoms with Crippen molar-refractivity contribution in [2.45, 2.75) is 46.5 Å². The first-order chi connectivity index (χ1) is 16.6. The Labute approximate surface area is 207 Å². The lowest BCUT2D eigenvalue weighted by Crippen LogP contribution is -2.12. The van der Waals surface area contributed by atoms with Gasteiger partial charge in [0.25, 0.3) is 0 Å². The van der Waals surface area contributed by atoms with Gasteiger partial charge >= 0.3 is 0 Å². The van der Waals surface area contributed by atoms with Crippen LogP contribution in [0.2, 0.25) is 0 Å². The molecule has 5 rings (SSSR count). The molecule has 0 heterocycles. The van der Waals surface area contributed by atoms with E-state index in [9.17, 15) is 10.2 Å². The Morgan fingerprint density at radius 3 is 1.71 bits per heavy atom. The maximum absolute atomic E-state index is 11.7. The number of fused-ring (bicyclic) bond motifs is 2. The van der Waals surface area contributed by atoms with Crippen molar-refractivity contribution in [3.8, 4) is 22.6 Å². The summed E-state index contributed by atoms with van der Waals surface area (Å²) in [5.41, 5.74) is 6.47. The molecule has 0 saturated heterocycles. The van der Waals surface area contributed by atoms with Crippen molar-refractivity contribution in [1.82, 2.24) is 0 Å². The second kappa shape index (κ2) is 8.46. The summed E-state index contributed by atoms with van der Waals surface area (Å²) in [6.07, 6.45) is 0.458. The van der Waals surface area contributed by atoms with Crippen LogP contribution >= 0.6 is 0 Å². The summed E-state index contributed by atoms with van der Waals surface area (Å²) in [5, 5.41) is 27.3. The summed E-state index contributed by atoms with van der Waals surface area (Å²) in [4.78, 5) is 0. The van der Waals surface area contributed by atoms with Crippen molar-refractivity contribution >= 4 is 21.5 Å². The summed E-state index contributed by atoms with van der Waals surface area (Å²) in [5.74, 6) is 0.594. The van der Waals surface area contributed by atoms with Crippen molar-refractivity contribution < 1.29 is 10.2 Å². The normalized spacial score (nSPS) is 11.9. The van der Waals surface area contributed by atoms with Crippen molar-refractivity contribution in [3.05, 3.63) is 107 Å². The zero-order chi connectivity index (χ0) is 24.9. The SMILES string of the molecule is Cc1cc(Cc2cc(C)cc(C(C)(C)C)c2O)c(O)c(-c2c3ccccc3cc3ccccc23)c1. The summed E-state index contributed by atoms with van der Waals surface area (Å²) < 4.78 is 0. The zero-order valence-electron chi connectivity index (χ0n) is 21.1. The predicted octanol–water partition coefficient (Wildman–Crippen LogP) is 8.58. The Morgan fingerprint density at radius 1 is 0.629 bits per heavy atom. The van der Waals surface area contributed by atoms with E-state index < -0.39 is 0 Å². The number of rotatable bonds is 3. The summed E-state index contributed by atoms with van der Waals surface area (Å²) in [6, 6.07) is 27.1. The fourth-order valence-electron chi connectivity index (χ4n) is 5.25. The van der Waals surface area contributed by atoms with E-state index in [0.29, 0.717) is 12.2 Å². The molecule has 0 radical (unpaired) electrons. The van der Waals surface area contributed by atoms with E-state index in [0.717, 1.165) is 60.5 Å². The lowest BCUT2D eigenvalue weighted by atomic mass is 9.83. The highest BCUT2D eigenvalue weighted by atomic mass is 16.3. The molecule has 2 heteroatoms. The number of aryl methyl sites for hydroxylation is 2. The van der Waals surface area contributed by atoms with Gasteiger partial charge in [-0.25, -0.2) is 0 Å². The van der Waals surface area contributed by atoms with Gasteiger partial charge in [0.05, 0.1) is 0 Å². The second-order valence-corrected chi connectivity index (χ2v) is 10.8. The largest absolute Gasteiger partial charge is 0.507 e. The molecule has 0 saturated carbocycles. The molecule has 0 aromatic heterocycles. The van der Waals surface area contributed by atoms with Gasteiger partial charge in [0.2, 0.25) is 0 Å². The first kappa shape index (κ1) is 23.0. The van der Waals surface area contributed by atoms with E-state index in [4.69, 9.17) is 0 Å². The molecule has 5 aromatic carbocycles. The van der Waals surface area contributed by atoms with Crippen LogP contribution in [0.25, 0.3) is 32.7 Å². The van der Waals surface area contributed by atoms with E-state index in [1.165, 1.54) is 0 Å². The van der Waals surface area contributed by atoms with Crippen molar-refractivity contribution in [3.63, 3.8) is 0 Å². The Bertz CT molecular complexity index is 1530. The van der Waals surface area contributed by atoms with Gasteiger partial charge in [0.1, 0.15) is 11.5 Å². The minimum absolute atomic E-state index is 0.174. The fourth-order valence-corrected chi connectivity index (χ4v) is 5.25. The van der Waals surface area contributed by atoms with Crippen molar-refractivity contribution in [2.75, 3.05) is 0 Å². The number of hydrogen-bond acceptors (Lipinski definition) is 2. The lowest BCUT2D eigenvalue weighted by molar-refractivity contribution is 0.440. The summed E-state index contributed by atoms with van der Waals surface area (Å²) in [6.45, 7) is 10.5. The monoisotopic (exact) mass is 460 g/mol. The number of phenolic OH excluding ortho intramolecular Hbond substituents is 2. The average molecular weight is 461 g/mol. The summed E-state index contributed by atoms with van der Waals surface area (Å²) in [7, 11) is 0. The van der Waals surface area contributed by atoms with E-state index in [2.05, 4.69) is 89.2 Å². The van der Waals surface area contributed by atoms with Crippen molar-refractivity contribution in [2.24, 2.45) is 0 Å². The quantitative estimate of drug-likeness (QED) is 0.265. The smallest absolute Gasteiger partial charge is 0.126 e. The van der Waals surface area contributed by atoms with Gasteiger partial charge in [-0.15, -0.1) is 0 Å². The standard InChI is InChI=1S/C33H32O2/c1-20-14-24(19-25-15-21(2)17-29(32(25)35)33(3,4)5)31(34)28(16-20)30-26-12-8-6-10-22(26)18-23-11-7-9-13-27(23)30/h6-18,34-35H,19H2,1-5H3. The van der Waals surface area contributed by atoms with Crippen LogP contribution in [-0.4, -0.2) is 10.2 Å². The maximum Gasteiger partial charge on any atom is 0.126 e. The van der Waals surface area contributed by atoms with E-state index >= 15 is 0 Å². The van der Waals surface area contributed by atoms with Crippen LogP contribution in [0.15, 0.2) is 78.9 Å². The molecule has 0 aliphatic rings. The first-order valence-corrected chi connectivity index (χ1v) is 12.2. The van der Waals surface area contributed by atoms with Gasteiger partial charge in [0, 0.05) is 17.5 Å². The fraction of sp³-hybridized carbons (Fsp3) is 0.212. The predicted molar refractivity (Wildman–Crippen MR) is 148 cm³/mol. The minimum atomic E-state index is -0.174. The Kier molecular flexibility index (Phi) is 5.56. The van der Waals surface area contributed by atoms with Gasteiger partial charge in [-0.05, 0) is 75.2 Å². The summed E-state index contributed by atoms with van der Waals surface area (Å²) >= 11 is 0. The molecule has 0 aliphatic carbocycles. The second-order valence-electron chi connectivity index (χ2n) is 10.8. The average Bonchev–Trinajstić information content (AvgIpc) is 2.81. The molecule has 0 atom stereocenters. The Morgan fingerprint density at radius 2 is 1.14 bits per heavy atom. The third kappa shape index (κ3) is 4.14. The van der Waals surface area contributed by atoms with E-state index in [1.54, 1.807) is 0 Å². The van der Waals surface area contributed by atoms with Crippen LogP contribution in [0.1, 0.15) is 48.6 Å². The molecular formula is C33H32O2. The van der Waals surface area contributed by atoms with Gasteiger partial charge in [-0.2, -0.15) is 0 Å². The Balaban J connectivity index is 1.74. The minimum Gasteiger partial charge on any atom is -0.507 e. The molecule has 0 bridgehead atoms. The highest BCUT2D eigenvalue weighted by molar-refractivity contribution is 6.13. The molecule has 2 nitrogen and oxygen atoms in total. The number of hydrogen-bond donors (Lipinski definition) is 2. The third-order valence-electron chi connectivity index (χ3n) is 6.90. The zero-order valence-corrected chi connectivity index (χ0v) is 21.1. The third-order valence-corrected chi connectivity index (χ3v) is 6.90. The molecule has 2 N–H and O–H groups in total. The molecule has 0 aliphatic heterocycles. The molecule has 0 unspecified atom stereocenters. The van der Waals surface area contributed by atoms with Crippen LogP contribution in [-0.2, 0) is 11.8 Å². The highest BCUT2D eigenvalue weighted by Gasteiger charge is 2.22. The van der Waals surface area contributed by atoms with Crippen LogP contribution in [0.3, 0.4) is 0 Å². The molecule has 35 heavy (non-hydrogen) atoms. The lowest BCUT2D eigenvalue weighted by Gasteiger charge is -2.23. The molecule has 0 spiro atoms. The number of aromatic hydroxyl groups is 2. The molecule has 5 aromatic rings. The van der Waals surface area contributed by atoms with Crippen LogP contribution in [0.5, 0.6) is 11.5 Å². The van der Waals surface area contributed by atoms with Crippen LogP contribution in [0.4, 0.5) is 0 Å². The Hall–Kier alpha value is -3.78. The molecule has 176 valence electrons. The van der Waals surface area contributed by atoms with Crippen LogP contribution in [0, 0.1) is 13.8 Å². The van der Waals surface area contributed by atoms with Crippen LogP contribution < -0.4 is 0 Å².